The molecule has 3 nitrogen and oxygen atoms in total. The van der Waals surface area contributed by atoms with E-state index in [0.717, 1.165) is 22.0 Å². The third kappa shape index (κ3) is 3.82. The molecule has 2 aromatic carbocycles. The molecule has 1 atom stereocenters. The Kier molecular flexibility index (Phi) is 5.13. The quantitative estimate of drug-likeness (QED) is 0.805. The van der Waals surface area contributed by atoms with E-state index in [0.29, 0.717) is 19.7 Å². The van der Waals surface area contributed by atoms with Gasteiger partial charge >= 0.3 is 0 Å². The van der Waals surface area contributed by atoms with E-state index in [4.69, 9.17) is 4.74 Å². The van der Waals surface area contributed by atoms with Gasteiger partial charge in [-0.25, -0.2) is 0 Å². The number of carbonyl (C=O) groups excluding carboxylic acids is 1. The van der Waals surface area contributed by atoms with E-state index in [-0.39, 0.29) is 12.0 Å². The number of morpholine rings is 1. The number of halogens is 1. The Labute approximate surface area is 145 Å². The van der Waals surface area contributed by atoms with Crippen LogP contribution in [0.4, 0.5) is 0 Å². The summed E-state index contributed by atoms with van der Waals surface area (Å²) in [4.78, 5) is 14.6. The van der Waals surface area contributed by atoms with E-state index in [1.165, 1.54) is 5.56 Å². The Morgan fingerprint density at radius 3 is 2.52 bits per heavy atom. The van der Waals surface area contributed by atoms with Crippen LogP contribution in [0.3, 0.4) is 0 Å². The molecule has 0 aromatic heterocycles. The highest BCUT2D eigenvalue weighted by molar-refractivity contribution is 9.10. The Balaban J connectivity index is 1.72. The third-order valence-corrected chi connectivity index (χ3v) is 4.73. The average molecular weight is 374 g/mol. The van der Waals surface area contributed by atoms with Crippen LogP contribution in [0, 0.1) is 0 Å². The van der Waals surface area contributed by atoms with E-state index in [1.54, 1.807) is 0 Å². The van der Waals surface area contributed by atoms with Gasteiger partial charge < -0.3 is 9.64 Å². The fourth-order valence-corrected chi connectivity index (χ4v) is 3.04. The van der Waals surface area contributed by atoms with Crippen molar-refractivity contribution in [2.75, 3.05) is 19.7 Å². The maximum absolute atomic E-state index is 12.7. The summed E-state index contributed by atoms with van der Waals surface area (Å²) in [6, 6.07) is 16.0. The molecule has 120 valence electrons. The smallest absolute Gasteiger partial charge is 0.254 e. The summed E-state index contributed by atoms with van der Waals surface area (Å²) in [6.07, 6.45) is 0.924. The minimum atomic E-state index is -0.0595. The Morgan fingerprint density at radius 1 is 1.17 bits per heavy atom. The number of hydrogen-bond donors (Lipinski definition) is 0. The average Bonchev–Trinajstić information content (AvgIpc) is 2.62. The van der Waals surface area contributed by atoms with Gasteiger partial charge in [0.2, 0.25) is 0 Å². The fraction of sp³-hybridized carbons (Fsp3) is 0.316. The van der Waals surface area contributed by atoms with Gasteiger partial charge in [0.15, 0.2) is 0 Å². The van der Waals surface area contributed by atoms with Gasteiger partial charge in [0.05, 0.1) is 13.2 Å². The standard InChI is InChI=1S/C19H20BrNO2/c1-2-14-3-5-16(6-4-14)19(22)21-11-12-23-18(13-21)15-7-9-17(20)10-8-15/h3-10,18H,2,11-13H2,1H3. The molecule has 1 unspecified atom stereocenters. The fourth-order valence-electron chi connectivity index (χ4n) is 2.78. The molecular formula is C19H20BrNO2. The van der Waals surface area contributed by atoms with Gasteiger partial charge in [-0.1, -0.05) is 47.1 Å². The second-order valence-corrected chi connectivity index (χ2v) is 6.63. The van der Waals surface area contributed by atoms with Crippen LogP contribution in [0.5, 0.6) is 0 Å². The molecule has 1 heterocycles. The van der Waals surface area contributed by atoms with Crippen molar-refractivity contribution in [1.29, 1.82) is 0 Å². The van der Waals surface area contributed by atoms with Gasteiger partial charge in [-0.3, -0.25) is 4.79 Å². The molecule has 0 bridgehead atoms. The predicted molar refractivity (Wildman–Crippen MR) is 94.6 cm³/mol. The van der Waals surface area contributed by atoms with Gasteiger partial charge in [-0.2, -0.15) is 0 Å². The molecular weight excluding hydrogens is 354 g/mol. The van der Waals surface area contributed by atoms with E-state index in [2.05, 4.69) is 22.9 Å². The Hall–Kier alpha value is -1.65. The number of nitrogens with zero attached hydrogens (tertiary/aromatic N) is 1. The number of amides is 1. The molecule has 1 amide bonds. The van der Waals surface area contributed by atoms with E-state index in [1.807, 2.05) is 53.4 Å². The van der Waals surface area contributed by atoms with Crippen molar-refractivity contribution in [2.45, 2.75) is 19.4 Å². The second kappa shape index (κ2) is 7.28. The zero-order valence-electron chi connectivity index (χ0n) is 13.2. The Bertz CT molecular complexity index is 667. The molecule has 2 aromatic rings. The highest BCUT2D eigenvalue weighted by Gasteiger charge is 2.26. The lowest BCUT2D eigenvalue weighted by molar-refractivity contribution is -0.0228. The summed E-state index contributed by atoms with van der Waals surface area (Å²) < 4.78 is 6.89. The molecule has 0 saturated carbocycles. The van der Waals surface area contributed by atoms with Gasteiger partial charge in [0.25, 0.3) is 5.91 Å². The number of carbonyl (C=O) groups is 1. The molecule has 0 N–H and O–H groups in total. The lowest BCUT2D eigenvalue weighted by Gasteiger charge is -2.33. The SMILES string of the molecule is CCc1ccc(C(=O)N2CCOC(c3ccc(Br)cc3)C2)cc1. The lowest BCUT2D eigenvalue weighted by atomic mass is 10.1. The van der Waals surface area contributed by atoms with E-state index in [9.17, 15) is 4.79 Å². The van der Waals surface area contributed by atoms with Gasteiger partial charge in [0, 0.05) is 16.6 Å². The minimum absolute atomic E-state index is 0.0595. The highest BCUT2D eigenvalue weighted by Crippen LogP contribution is 2.24. The molecule has 0 spiro atoms. The van der Waals surface area contributed by atoms with E-state index < -0.39 is 0 Å². The number of aryl methyl sites for hydroxylation is 1. The first-order chi connectivity index (χ1) is 11.2. The molecule has 1 aliphatic heterocycles. The van der Waals surface area contributed by atoms with Crippen molar-refractivity contribution in [3.05, 3.63) is 69.7 Å². The first kappa shape index (κ1) is 16.2. The minimum Gasteiger partial charge on any atom is -0.370 e. The van der Waals surface area contributed by atoms with Gasteiger partial charge in [-0.05, 0) is 41.8 Å². The number of rotatable bonds is 3. The number of ether oxygens (including phenoxy) is 1. The second-order valence-electron chi connectivity index (χ2n) is 5.71. The van der Waals surface area contributed by atoms with Crippen LogP contribution in [-0.2, 0) is 11.2 Å². The summed E-state index contributed by atoms with van der Waals surface area (Å²) in [7, 11) is 0. The van der Waals surface area contributed by atoms with Crippen LogP contribution < -0.4 is 0 Å². The van der Waals surface area contributed by atoms with Crippen LogP contribution in [0.15, 0.2) is 53.0 Å². The van der Waals surface area contributed by atoms with Crippen LogP contribution in [0.2, 0.25) is 0 Å². The number of benzene rings is 2. The summed E-state index contributed by atoms with van der Waals surface area (Å²) in [6.45, 7) is 3.92. The van der Waals surface area contributed by atoms with Crippen molar-refractivity contribution < 1.29 is 9.53 Å². The maximum Gasteiger partial charge on any atom is 0.254 e. The molecule has 4 heteroatoms. The molecule has 1 saturated heterocycles. The van der Waals surface area contributed by atoms with Crippen LogP contribution in [-0.4, -0.2) is 30.5 Å². The molecule has 1 aliphatic rings. The van der Waals surface area contributed by atoms with Crippen molar-refractivity contribution in [1.82, 2.24) is 4.90 Å². The maximum atomic E-state index is 12.7. The first-order valence-electron chi connectivity index (χ1n) is 7.92. The monoisotopic (exact) mass is 373 g/mol. The van der Waals surface area contributed by atoms with Crippen molar-refractivity contribution in [2.24, 2.45) is 0 Å². The van der Waals surface area contributed by atoms with Crippen LogP contribution in [0.1, 0.15) is 34.5 Å². The van der Waals surface area contributed by atoms with Crippen molar-refractivity contribution in [3.8, 4) is 0 Å². The lowest BCUT2D eigenvalue weighted by Crippen LogP contribution is -2.42. The van der Waals surface area contributed by atoms with E-state index >= 15 is 0 Å². The molecule has 23 heavy (non-hydrogen) atoms. The Morgan fingerprint density at radius 2 is 1.87 bits per heavy atom. The normalized spacial score (nSPS) is 18.0. The molecule has 0 aliphatic carbocycles. The summed E-state index contributed by atoms with van der Waals surface area (Å²) in [5, 5.41) is 0. The molecule has 0 radical (unpaired) electrons. The topological polar surface area (TPSA) is 29.5 Å². The van der Waals surface area contributed by atoms with Crippen molar-refractivity contribution in [3.63, 3.8) is 0 Å². The largest absolute Gasteiger partial charge is 0.370 e. The molecule has 3 rings (SSSR count). The van der Waals surface area contributed by atoms with Crippen LogP contribution in [0.25, 0.3) is 0 Å². The van der Waals surface area contributed by atoms with Crippen molar-refractivity contribution >= 4 is 21.8 Å². The summed E-state index contributed by atoms with van der Waals surface area (Å²) in [5.74, 6) is 0.0815. The molecule has 1 fully saturated rings. The first-order valence-corrected chi connectivity index (χ1v) is 8.72. The predicted octanol–water partition coefficient (Wildman–Crippen LogP) is 4.23. The zero-order valence-corrected chi connectivity index (χ0v) is 14.8. The summed E-state index contributed by atoms with van der Waals surface area (Å²) >= 11 is 3.44. The van der Waals surface area contributed by atoms with Gasteiger partial charge in [-0.15, -0.1) is 0 Å². The van der Waals surface area contributed by atoms with Gasteiger partial charge in [0.1, 0.15) is 6.10 Å². The number of hydrogen-bond acceptors (Lipinski definition) is 2. The zero-order chi connectivity index (χ0) is 16.2. The third-order valence-electron chi connectivity index (χ3n) is 4.20. The highest BCUT2D eigenvalue weighted by atomic mass is 79.9. The summed E-state index contributed by atoms with van der Waals surface area (Å²) in [5.41, 5.74) is 3.10. The van der Waals surface area contributed by atoms with Crippen LogP contribution >= 0.6 is 15.9 Å².